The van der Waals surface area contributed by atoms with Crippen molar-refractivity contribution in [3.05, 3.63) is 29.8 Å². The van der Waals surface area contributed by atoms with E-state index >= 15 is 0 Å². The summed E-state index contributed by atoms with van der Waals surface area (Å²) in [4.78, 5) is 2.44. The van der Waals surface area contributed by atoms with E-state index < -0.39 is 0 Å². The minimum absolute atomic E-state index is 0.460. The molecule has 118 valence electrons. The molecule has 0 spiro atoms. The fraction of sp³-hybridized carbons (Fsp3) is 0.667. The van der Waals surface area contributed by atoms with Gasteiger partial charge < -0.3 is 15.0 Å². The molecule has 0 aromatic heterocycles. The minimum atomic E-state index is 0.460. The lowest BCUT2D eigenvalue weighted by atomic mass is 9.93. The van der Waals surface area contributed by atoms with Gasteiger partial charge in [-0.3, -0.25) is 0 Å². The van der Waals surface area contributed by atoms with E-state index in [1.165, 1.54) is 37.9 Å². The van der Waals surface area contributed by atoms with E-state index in [-0.39, 0.29) is 0 Å². The van der Waals surface area contributed by atoms with Crippen LogP contribution in [-0.2, 0) is 0 Å². The number of hydrogen-bond acceptors (Lipinski definition) is 3. The second kappa shape index (κ2) is 8.40. The Morgan fingerprint density at radius 1 is 1.24 bits per heavy atom. The average molecular weight is 290 g/mol. The molecule has 1 N–H and O–H groups in total. The fourth-order valence-corrected chi connectivity index (χ4v) is 3.15. The minimum Gasteiger partial charge on any atom is -0.497 e. The second-order valence-corrected chi connectivity index (χ2v) is 6.22. The molecule has 1 heterocycles. The summed E-state index contributed by atoms with van der Waals surface area (Å²) in [5.74, 6) is 1.84. The Labute approximate surface area is 129 Å². The molecule has 3 nitrogen and oxygen atoms in total. The van der Waals surface area contributed by atoms with Gasteiger partial charge in [0.2, 0.25) is 0 Å². The standard InChI is InChI=1S/C18H30N2O/c1-4-18(16-5-7-17(21-3)8-6-16)19-12-9-15-10-13-20(2)14-11-15/h5-8,15,18-19H,4,9-14H2,1-3H3. The normalized spacial score (nSPS) is 18.6. The molecule has 3 heteroatoms. The highest BCUT2D eigenvalue weighted by Gasteiger charge is 2.17. The summed E-state index contributed by atoms with van der Waals surface area (Å²) in [6.45, 7) is 5.90. The molecule has 1 aromatic rings. The first kappa shape index (κ1) is 16.3. The van der Waals surface area contributed by atoms with Crippen molar-refractivity contribution in [2.75, 3.05) is 33.8 Å². The zero-order valence-corrected chi connectivity index (χ0v) is 13.8. The van der Waals surface area contributed by atoms with E-state index in [2.05, 4.69) is 48.5 Å². The molecule has 0 radical (unpaired) electrons. The van der Waals surface area contributed by atoms with Crippen molar-refractivity contribution in [2.24, 2.45) is 5.92 Å². The summed E-state index contributed by atoms with van der Waals surface area (Å²) in [5, 5.41) is 3.73. The number of nitrogens with one attached hydrogen (secondary N) is 1. The molecule has 0 amide bonds. The summed E-state index contributed by atoms with van der Waals surface area (Å²) >= 11 is 0. The van der Waals surface area contributed by atoms with Crippen LogP contribution in [-0.4, -0.2) is 38.7 Å². The molecular weight excluding hydrogens is 260 g/mol. The van der Waals surface area contributed by atoms with Crippen LogP contribution in [0.15, 0.2) is 24.3 Å². The van der Waals surface area contributed by atoms with Gasteiger partial charge in [0.1, 0.15) is 5.75 Å². The Morgan fingerprint density at radius 3 is 2.48 bits per heavy atom. The van der Waals surface area contributed by atoms with Gasteiger partial charge in [-0.2, -0.15) is 0 Å². The van der Waals surface area contributed by atoms with Crippen molar-refractivity contribution in [1.29, 1.82) is 0 Å². The van der Waals surface area contributed by atoms with Gasteiger partial charge in [-0.15, -0.1) is 0 Å². The van der Waals surface area contributed by atoms with Gasteiger partial charge in [0.15, 0.2) is 0 Å². The van der Waals surface area contributed by atoms with Crippen molar-refractivity contribution in [3.63, 3.8) is 0 Å². The molecule has 1 aliphatic rings. The number of nitrogens with zero attached hydrogens (tertiary/aromatic N) is 1. The van der Waals surface area contributed by atoms with Crippen LogP contribution < -0.4 is 10.1 Å². The first-order valence-electron chi connectivity index (χ1n) is 8.28. The molecule has 0 bridgehead atoms. The van der Waals surface area contributed by atoms with E-state index in [1.54, 1.807) is 7.11 Å². The van der Waals surface area contributed by atoms with Crippen LogP contribution in [0.3, 0.4) is 0 Å². The van der Waals surface area contributed by atoms with E-state index in [1.807, 2.05) is 0 Å². The van der Waals surface area contributed by atoms with Crippen molar-refractivity contribution in [1.82, 2.24) is 10.2 Å². The SMILES string of the molecule is CCC(NCCC1CCN(C)CC1)c1ccc(OC)cc1. The molecule has 1 unspecified atom stereocenters. The van der Waals surface area contributed by atoms with E-state index in [0.29, 0.717) is 6.04 Å². The second-order valence-electron chi connectivity index (χ2n) is 6.22. The third-order valence-electron chi connectivity index (χ3n) is 4.71. The van der Waals surface area contributed by atoms with Gasteiger partial charge in [0.25, 0.3) is 0 Å². The summed E-state index contributed by atoms with van der Waals surface area (Å²) < 4.78 is 5.23. The molecule has 1 atom stereocenters. The Bertz CT molecular complexity index is 396. The predicted octanol–water partition coefficient (Wildman–Crippen LogP) is 3.47. The zero-order valence-electron chi connectivity index (χ0n) is 13.8. The maximum atomic E-state index is 5.23. The lowest BCUT2D eigenvalue weighted by molar-refractivity contribution is 0.210. The molecule has 1 saturated heterocycles. The van der Waals surface area contributed by atoms with Gasteiger partial charge in [0, 0.05) is 6.04 Å². The number of benzene rings is 1. The Balaban J connectivity index is 1.76. The van der Waals surface area contributed by atoms with Crippen LogP contribution >= 0.6 is 0 Å². The van der Waals surface area contributed by atoms with Crippen molar-refractivity contribution < 1.29 is 4.74 Å². The number of piperidine rings is 1. The Hall–Kier alpha value is -1.06. The maximum Gasteiger partial charge on any atom is 0.118 e. The summed E-state index contributed by atoms with van der Waals surface area (Å²) in [6.07, 6.45) is 5.15. The van der Waals surface area contributed by atoms with E-state index in [9.17, 15) is 0 Å². The maximum absolute atomic E-state index is 5.23. The molecule has 0 aliphatic carbocycles. The first-order chi connectivity index (χ1) is 10.2. The van der Waals surface area contributed by atoms with Crippen molar-refractivity contribution >= 4 is 0 Å². The number of rotatable bonds is 7. The quantitative estimate of drug-likeness (QED) is 0.832. The smallest absolute Gasteiger partial charge is 0.118 e. The monoisotopic (exact) mass is 290 g/mol. The van der Waals surface area contributed by atoms with Gasteiger partial charge in [-0.1, -0.05) is 19.1 Å². The highest BCUT2D eigenvalue weighted by molar-refractivity contribution is 5.29. The van der Waals surface area contributed by atoms with Crippen LogP contribution in [0.25, 0.3) is 0 Å². The zero-order chi connectivity index (χ0) is 15.1. The molecule has 2 rings (SSSR count). The van der Waals surface area contributed by atoms with Crippen molar-refractivity contribution in [3.8, 4) is 5.75 Å². The third-order valence-corrected chi connectivity index (χ3v) is 4.71. The Morgan fingerprint density at radius 2 is 1.90 bits per heavy atom. The number of likely N-dealkylation sites (tertiary alicyclic amines) is 1. The fourth-order valence-electron chi connectivity index (χ4n) is 3.15. The lowest BCUT2D eigenvalue weighted by Crippen LogP contribution is -2.32. The van der Waals surface area contributed by atoms with Gasteiger partial charge in [-0.05, 0) is 76.0 Å². The average Bonchev–Trinajstić information content (AvgIpc) is 2.53. The summed E-state index contributed by atoms with van der Waals surface area (Å²) in [6, 6.07) is 8.92. The molecule has 1 fully saturated rings. The molecule has 21 heavy (non-hydrogen) atoms. The summed E-state index contributed by atoms with van der Waals surface area (Å²) in [7, 11) is 3.94. The third kappa shape index (κ3) is 5.01. The molecule has 1 aromatic carbocycles. The van der Waals surface area contributed by atoms with E-state index in [0.717, 1.165) is 24.6 Å². The van der Waals surface area contributed by atoms with Crippen LogP contribution in [0.5, 0.6) is 5.75 Å². The number of hydrogen-bond donors (Lipinski definition) is 1. The molecule has 0 saturated carbocycles. The van der Waals surface area contributed by atoms with Gasteiger partial charge >= 0.3 is 0 Å². The van der Waals surface area contributed by atoms with E-state index in [4.69, 9.17) is 4.74 Å². The molecular formula is C18H30N2O. The Kier molecular flexibility index (Phi) is 6.52. The highest BCUT2D eigenvalue weighted by Crippen LogP contribution is 2.22. The van der Waals surface area contributed by atoms with Crippen LogP contribution in [0.2, 0.25) is 0 Å². The largest absolute Gasteiger partial charge is 0.497 e. The molecule has 1 aliphatic heterocycles. The lowest BCUT2D eigenvalue weighted by Gasteiger charge is -2.29. The van der Waals surface area contributed by atoms with Gasteiger partial charge in [0.05, 0.1) is 7.11 Å². The first-order valence-corrected chi connectivity index (χ1v) is 8.28. The van der Waals surface area contributed by atoms with Gasteiger partial charge in [-0.25, -0.2) is 0 Å². The van der Waals surface area contributed by atoms with Crippen LogP contribution in [0, 0.1) is 5.92 Å². The van der Waals surface area contributed by atoms with Crippen LogP contribution in [0.1, 0.15) is 44.2 Å². The number of ether oxygens (including phenoxy) is 1. The highest BCUT2D eigenvalue weighted by atomic mass is 16.5. The topological polar surface area (TPSA) is 24.5 Å². The van der Waals surface area contributed by atoms with Crippen molar-refractivity contribution in [2.45, 2.75) is 38.6 Å². The predicted molar refractivity (Wildman–Crippen MR) is 88.9 cm³/mol. The number of methoxy groups -OCH3 is 1. The van der Waals surface area contributed by atoms with Crippen LogP contribution in [0.4, 0.5) is 0 Å². The summed E-state index contributed by atoms with van der Waals surface area (Å²) in [5.41, 5.74) is 1.36.